The van der Waals surface area contributed by atoms with Gasteiger partial charge in [-0.15, -0.1) is 5.06 Å². The average molecular weight is 405 g/mol. The number of pyridine rings is 1. The van der Waals surface area contributed by atoms with Crippen LogP contribution in [0.15, 0.2) is 53.7 Å². The van der Waals surface area contributed by atoms with E-state index >= 15 is 0 Å². The van der Waals surface area contributed by atoms with Crippen LogP contribution < -0.4 is 0 Å². The summed E-state index contributed by atoms with van der Waals surface area (Å²) in [6.45, 7) is 2.08. The number of carbonyl (C=O) groups is 2. The molecule has 3 rings (SSSR count). The van der Waals surface area contributed by atoms with Crippen molar-refractivity contribution in [1.29, 1.82) is 0 Å². The van der Waals surface area contributed by atoms with Crippen molar-refractivity contribution in [3.63, 3.8) is 0 Å². The summed E-state index contributed by atoms with van der Waals surface area (Å²) in [4.78, 5) is 33.4. The molecule has 6 nitrogen and oxygen atoms in total. The number of aromatic nitrogens is 1. The second kappa shape index (κ2) is 9.25. The molecule has 1 aromatic carbocycles. The van der Waals surface area contributed by atoms with Gasteiger partial charge in [0.2, 0.25) is 0 Å². The van der Waals surface area contributed by atoms with Gasteiger partial charge in [0.05, 0.1) is 5.56 Å². The number of aliphatic hydroxyl groups excluding tert-OH is 1. The summed E-state index contributed by atoms with van der Waals surface area (Å²) in [5.41, 5.74) is 1.40. The quantitative estimate of drug-likeness (QED) is 0.729. The normalized spacial score (nSPS) is 18.2. The van der Waals surface area contributed by atoms with Gasteiger partial charge in [-0.25, -0.2) is 9.78 Å². The van der Waals surface area contributed by atoms with Gasteiger partial charge in [-0.3, -0.25) is 4.79 Å². The molecule has 0 saturated carbocycles. The smallest absolute Gasteiger partial charge is 0.363 e. The summed E-state index contributed by atoms with van der Waals surface area (Å²) in [6.07, 6.45) is 1.95. The highest BCUT2D eigenvalue weighted by Gasteiger charge is 2.30. The molecule has 2 heterocycles. The van der Waals surface area contributed by atoms with Gasteiger partial charge < -0.3 is 9.94 Å². The first-order valence-electron chi connectivity index (χ1n) is 8.61. The number of carbonyl (C=O) groups excluding carboxylic acids is 2. The Morgan fingerprint density at radius 2 is 2.07 bits per heavy atom. The second-order valence-electron chi connectivity index (χ2n) is 6.08. The van der Waals surface area contributed by atoms with E-state index in [0.717, 1.165) is 15.7 Å². The molecule has 2 unspecified atom stereocenters. The zero-order chi connectivity index (χ0) is 19.2. The summed E-state index contributed by atoms with van der Waals surface area (Å²) in [7, 11) is 3.28. The van der Waals surface area contributed by atoms with Crippen molar-refractivity contribution in [1.82, 2.24) is 10.0 Å². The molecule has 0 aliphatic carbocycles. The molecule has 1 N–H and O–H groups in total. The number of aliphatic hydroxyl groups is 1. The van der Waals surface area contributed by atoms with Crippen molar-refractivity contribution in [2.75, 3.05) is 0 Å². The third kappa shape index (κ3) is 5.24. The van der Waals surface area contributed by atoms with Crippen molar-refractivity contribution in [2.45, 2.75) is 42.7 Å². The van der Waals surface area contributed by atoms with E-state index < -0.39 is 12.2 Å². The van der Waals surface area contributed by atoms with Crippen LogP contribution in [0.25, 0.3) is 0 Å². The Kier molecular flexibility index (Phi) is 6.76. The van der Waals surface area contributed by atoms with Crippen LogP contribution in [0.5, 0.6) is 0 Å². The van der Waals surface area contributed by atoms with E-state index in [9.17, 15) is 14.7 Å². The molecule has 0 bridgehead atoms. The predicted molar refractivity (Wildman–Crippen MR) is 105 cm³/mol. The van der Waals surface area contributed by atoms with Gasteiger partial charge in [-0.2, -0.15) is 0 Å². The van der Waals surface area contributed by atoms with E-state index in [2.05, 4.69) is 11.9 Å². The highest BCUT2D eigenvalue weighted by Crippen LogP contribution is 2.41. The van der Waals surface area contributed by atoms with Crippen molar-refractivity contribution in [3.8, 4) is 0 Å². The molecule has 1 aliphatic heterocycles. The van der Waals surface area contributed by atoms with Crippen molar-refractivity contribution in [3.05, 3.63) is 59.8 Å². The summed E-state index contributed by atoms with van der Waals surface area (Å²) in [6, 6.07) is 12.8. The Morgan fingerprint density at radius 3 is 2.74 bits per heavy atom. The fourth-order valence-electron chi connectivity index (χ4n) is 2.55. The van der Waals surface area contributed by atoms with Crippen LogP contribution in [0.4, 0.5) is 0 Å². The Balaban J connectivity index is 1.57. The molecule has 1 amide bonds. The minimum atomic E-state index is -1.07. The van der Waals surface area contributed by atoms with Gasteiger partial charge in [-0.05, 0) is 60.4 Å². The van der Waals surface area contributed by atoms with E-state index in [1.54, 1.807) is 39.9 Å². The van der Waals surface area contributed by atoms with Gasteiger partial charge >= 0.3 is 5.97 Å². The molecule has 2 atom stereocenters. The van der Waals surface area contributed by atoms with Crippen LogP contribution in [-0.2, 0) is 9.63 Å². The van der Waals surface area contributed by atoms with Crippen LogP contribution in [-0.4, -0.2) is 33.3 Å². The first-order chi connectivity index (χ1) is 13.0. The van der Waals surface area contributed by atoms with E-state index in [4.69, 9.17) is 4.84 Å². The highest BCUT2D eigenvalue weighted by molar-refractivity contribution is 8.76. The van der Waals surface area contributed by atoms with Crippen molar-refractivity contribution >= 4 is 33.5 Å². The Labute approximate surface area is 165 Å². The summed E-state index contributed by atoms with van der Waals surface area (Å²) in [5, 5.41) is 11.7. The van der Waals surface area contributed by atoms with Gasteiger partial charge in [0, 0.05) is 17.9 Å². The SMILES string of the molecule is CC(SSc1ccccn1)c1ccc(C(=O)ON2C(=O)CCCC2O)cc1. The maximum absolute atomic E-state index is 12.3. The lowest BCUT2D eigenvalue weighted by Crippen LogP contribution is -2.44. The molecular formula is C19H20N2O4S2. The number of hydrogen-bond donors (Lipinski definition) is 1. The topological polar surface area (TPSA) is 79.7 Å². The minimum Gasteiger partial charge on any atom is -0.370 e. The Morgan fingerprint density at radius 1 is 1.30 bits per heavy atom. The average Bonchev–Trinajstić information content (AvgIpc) is 2.70. The molecule has 1 aromatic heterocycles. The molecule has 142 valence electrons. The molecular weight excluding hydrogens is 384 g/mol. The largest absolute Gasteiger partial charge is 0.370 e. The first kappa shape index (κ1) is 19.7. The monoisotopic (exact) mass is 404 g/mol. The number of benzene rings is 1. The van der Waals surface area contributed by atoms with Crippen LogP contribution in [0, 0.1) is 0 Å². The van der Waals surface area contributed by atoms with Crippen molar-refractivity contribution in [2.24, 2.45) is 0 Å². The predicted octanol–water partition coefficient (Wildman–Crippen LogP) is 3.99. The van der Waals surface area contributed by atoms with Crippen LogP contribution in [0.1, 0.15) is 47.4 Å². The third-order valence-corrected chi connectivity index (χ3v) is 6.82. The third-order valence-electron chi connectivity index (χ3n) is 4.08. The molecule has 0 radical (unpaired) electrons. The Bertz CT molecular complexity index is 786. The van der Waals surface area contributed by atoms with Gasteiger partial charge in [0.15, 0.2) is 6.23 Å². The zero-order valence-corrected chi connectivity index (χ0v) is 16.4. The first-order valence-corrected chi connectivity index (χ1v) is 10.8. The summed E-state index contributed by atoms with van der Waals surface area (Å²) < 4.78 is 0. The molecule has 0 spiro atoms. The van der Waals surface area contributed by atoms with E-state index in [0.29, 0.717) is 18.4 Å². The van der Waals surface area contributed by atoms with Gasteiger partial charge in [-0.1, -0.05) is 29.0 Å². The van der Waals surface area contributed by atoms with E-state index in [1.807, 2.05) is 30.3 Å². The molecule has 1 fully saturated rings. The number of rotatable bonds is 6. The summed E-state index contributed by atoms with van der Waals surface area (Å²) in [5.74, 6) is -1.03. The van der Waals surface area contributed by atoms with E-state index in [-0.39, 0.29) is 17.6 Å². The lowest BCUT2D eigenvalue weighted by molar-refractivity contribution is -0.215. The summed E-state index contributed by atoms with van der Waals surface area (Å²) >= 11 is 0. The van der Waals surface area contributed by atoms with Crippen molar-refractivity contribution < 1.29 is 19.5 Å². The lowest BCUT2D eigenvalue weighted by Gasteiger charge is -2.29. The number of amides is 1. The fourth-order valence-corrected chi connectivity index (χ4v) is 4.65. The van der Waals surface area contributed by atoms with Gasteiger partial charge in [0.25, 0.3) is 5.91 Å². The maximum Gasteiger partial charge on any atom is 0.363 e. The number of hydrogen-bond acceptors (Lipinski definition) is 7. The standard InChI is InChI=1S/C19H20N2O4S2/c1-13(26-27-16-5-2-3-12-20-16)14-8-10-15(11-9-14)19(24)25-21-17(22)6-4-7-18(21)23/h2-3,5,8-13,17,22H,4,6-7H2,1H3. The maximum atomic E-state index is 12.3. The number of piperidine rings is 1. The second-order valence-corrected chi connectivity index (χ2v) is 8.64. The van der Waals surface area contributed by atoms with Crippen LogP contribution in [0.3, 0.4) is 0 Å². The Hall–Kier alpha value is -2.03. The molecule has 1 saturated heterocycles. The molecule has 1 aliphatic rings. The van der Waals surface area contributed by atoms with Gasteiger partial charge in [0.1, 0.15) is 5.03 Å². The van der Waals surface area contributed by atoms with Crippen LogP contribution in [0.2, 0.25) is 0 Å². The van der Waals surface area contributed by atoms with E-state index in [1.165, 1.54) is 0 Å². The molecule has 27 heavy (non-hydrogen) atoms. The minimum absolute atomic E-state index is 0.201. The molecule has 2 aromatic rings. The lowest BCUT2D eigenvalue weighted by atomic mass is 10.1. The molecule has 8 heteroatoms. The number of hydroxylamine groups is 2. The zero-order valence-electron chi connectivity index (χ0n) is 14.8. The fraction of sp³-hybridized carbons (Fsp3) is 0.316. The highest BCUT2D eigenvalue weighted by atomic mass is 33.1. The van der Waals surface area contributed by atoms with Crippen LogP contribution >= 0.6 is 21.6 Å². The number of nitrogens with zero attached hydrogens (tertiary/aromatic N) is 2.